The van der Waals surface area contributed by atoms with Gasteiger partial charge in [0.2, 0.25) is 11.7 Å². The number of ketones is 1. The molecule has 0 spiro atoms. The number of halogens is 3. The minimum absolute atomic E-state index is 0.0832. The smallest absolute Gasteiger partial charge is 0.431 e. The summed E-state index contributed by atoms with van der Waals surface area (Å²) in [4.78, 5) is 18.4. The molecule has 1 aliphatic rings. The van der Waals surface area contributed by atoms with Crippen LogP contribution in [0.1, 0.15) is 33.1 Å². The van der Waals surface area contributed by atoms with Gasteiger partial charge in [0.25, 0.3) is 0 Å². The molecule has 30 heavy (non-hydrogen) atoms. The number of Topliss-reactive ketones (excluding diaryl/α,β-unsaturated/α-hetero) is 1. The monoisotopic (exact) mass is 434 g/mol. The highest BCUT2D eigenvalue weighted by atomic mass is 32.1. The van der Waals surface area contributed by atoms with Gasteiger partial charge in [-0.3, -0.25) is 4.79 Å². The Hall–Kier alpha value is -3.14. The quantitative estimate of drug-likeness (QED) is 0.594. The van der Waals surface area contributed by atoms with E-state index in [1.54, 1.807) is 36.4 Å². The van der Waals surface area contributed by atoms with Crippen molar-refractivity contribution in [3.63, 3.8) is 0 Å². The van der Waals surface area contributed by atoms with Crippen LogP contribution < -0.4 is 10.1 Å². The molecule has 0 radical (unpaired) electrons. The van der Waals surface area contributed by atoms with Gasteiger partial charge in [-0.1, -0.05) is 19.1 Å². The molecule has 2 aromatic heterocycles. The van der Waals surface area contributed by atoms with Crippen LogP contribution in [0.4, 0.5) is 19.1 Å². The predicted molar refractivity (Wildman–Crippen MR) is 106 cm³/mol. The molecule has 0 fully saturated rings. The summed E-state index contributed by atoms with van der Waals surface area (Å²) in [6.07, 6.45) is -2.94. The molecule has 1 unspecified atom stereocenters. The fourth-order valence-corrected chi connectivity index (χ4v) is 4.25. The first-order valence-electron chi connectivity index (χ1n) is 9.08. The Kier molecular flexibility index (Phi) is 5.10. The number of nitrogens with one attached hydrogen (secondary N) is 1. The van der Waals surface area contributed by atoms with Gasteiger partial charge in [-0.25, -0.2) is 4.68 Å². The summed E-state index contributed by atoms with van der Waals surface area (Å²) in [7, 11) is 1.49. The van der Waals surface area contributed by atoms with Crippen molar-refractivity contribution in [2.45, 2.75) is 25.6 Å². The molecule has 3 heterocycles. The van der Waals surface area contributed by atoms with Crippen molar-refractivity contribution in [1.82, 2.24) is 14.8 Å². The summed E-state index contributed by atoms with van der Waals surface area (Å²) in [6.45, 7) is 1.92. The molecule has 0 bridgehead atoms. The second kappa shape index (κ2) is 7.60. The number of hydrogen-bond acceptors (Lipinski definition) is 6. The Morgan fingerprint density at radius 3 is 2.57 bits per heavy atom. The highest BCUT2D eigenvalue weighted by molar-refractivity contribution is 7.14. The summed E-state index contributed by atoms with van der Waals surface area (Å²) >= 11 is 1.19. The molecule has 1 aliphatic heterocycles. The fourth-order valence-electron chi connectivity index (χ4n) is 3.34. The lowest BCUT2D eigenvalue weighted by Crippen LogP contribution is -2.35. The molecular formula is C20H17F3N4O2S. The number of ether oxygens (including phenoxy) is 1. The van der Waals surface area contributed by atoms with E-state index in [9.17, 15) is 18.0 Å². The van der Waals surface area contributed by atoms with Crippen molar-refractivity contribution in [1.29, 1.82) is 0 Å². The molecule has 0 saturated carbocycles. The van der Waals surface area contributed by atoms with Crippen LogP contribution in [0.3, 0.4) is 0 Å². The number of aryl methyl sites for hydroxylation is 1. The molecule has 6 nitrogen and oxygen atoms in total. The van der Waals surface area contributed by atoms with Gasteiger partial charge < -0.3 is 10.1 Å². The summed E-state index contributed by atoms with van der Waals surface area (Å²) in [5.74, 6) is -0.230. The molecule has 0 amide bonds. The van der Waals surface area contributed by atoms with Crippen molar-refractivity contribution >= 4 is 23.1 Å². The molecule has 4 rings (SSSR count). The maximum absolute atomic E-state index is 14.0. The van der Waals surface area contributed by atoms with E-state index in [1.807, 2.05) is 6.92 Å². The number of nitrogens with zero attached hydrogens (tertiary/aromatic N) is 3. The standard InChI is InChI=1S/C20H17F3N4O2S/c1-3-13-8-9-14(30-13)17(28)15-16(11-4-6-12(29-2)7-5-11)27-19(24-10-25-27)26-18(15)20(21,22)23/h4-10,16H,3H2,1-2H3,(H,24,25,26). The Labute approximate surface area is 174 Å². The third-order valence-electron chi connectivity index (χ3n) is 4.79. The summed E-state index contributed by atoms with van der Waals surface area (Å²) in [5.41, 5.74) is -1.09. The van der Waals surface area contributed by atoms with Gasteiger partial charge in [0.1, 0.15) is 23.8 Å². The third kappa shape index (κ3) is 3.47. The first kappa shape index (κ1) is 20.1. The fraction of sp³-hybridized carbons (Fsp3) is 0.250. The zero-order valence-corrected chi connectivity index (χ0v) is 16.8. The maximum Gasteiger partial charge on any atom is 0.431 e. The van der Waals surface area contributed by atoms with Crippen molar-refractivity contribution in [3.8, 4) is 5.75 Å². The lowest BCUT2D eigenvalue weighted by Gasteiger charge is -2.30. The molecule has 0 saturated heterocycles. The molecule has 1 atom stereocenters. The Bertz CT molecular complexity index is 1120. The SMILES string of the molecule is CCc1ccc(C(=O)C2=C(C(F)(F)F)Nc3ncnn3C2c2ccc(OC)cc2)s1. The second-order valence-corrected chi connectivity index (χ2v) is 7.73. The zero-order valence-electron chi connectivity index (χ0n) is 16.0. The van der Waals surface area contributed by atoms with E-state index < -0.39 is 29.3 Å². The zero-order chi connectivity index (χ0) is 21.5. The van der Waals surface area contributed by atoms with Gasteiger partial charge in [-0.15, -0.1) is 11.3 Å². The van der Waals surface area contributed by atoms with Crippen LogP contribution in [0.25, 0.3) is 0 Å². The van der Waals surface area contributed by atoms with Crippen molar-refractivity contribution in [3.05, 3.63) is 69.3 Å². The molecular weight excluding hydrogens is 417 g/mol. The van der Waals surface area contributed by atoms with Crippen LogP contribution in [0.15, 0.2) is 54.0 Å². The Morgan fingerprint density at radius 2 is 1.97 bits per heavy atom. The van der Waals surface area contributed by atoms with Crippen LogP contribution in [-0.2, 0) is 6.42 Å². The van der Waals surface area contributed by atoms with Crippen molar-refractivity contribution in [2.24, 2.45) is 0 Å². The van der Waals surface area contributed by atoms with Gasteiger partial charge >= 0.3 is 6.18 Å². The number of hydrogen-bond donors (Lipinski definition) is 1. The number of fused-ring (bicyclic) bond motifs is 1. The predicted octanol–water partition coefficient (Wildman–Crippen LogP) is 4.62. The van der Waals surface area contributed by atoms with E-state index in [4.69, 9.17) is 4.74 Å². The third-order valence-corrected chi connectivity index (χ3v) is 6.02. The number of carbonyl (C=O) groups excluding carboxylic acids is 1. The number of anilines is 1. The minimum atomic E-state index is -4.78. The number of methoxy groups -OCH3 is 1. The molecule has 156 valence electrons. The number of rotatable bonds is 5. The van der Waals surface area contributed by atoms with E-state index in [0.29, 0.717) is 17.7 Å². The molecule has 1 aromatic carbocycles. The number of allylic oxidation sites excluding steroid dienone is 2. The maximum atomic E-state index is 14.0. The van der Waals surface area contributed by atoms with Crippen LogP contribution >= 0.6 is 11.3 Å². The number of carbonyl (C=O) groups is 1. The summed E-state index contributed by atoms with van der Waals surface area (Å²) < 4.78 is 48.4. The number of alkyl halides is 3. The second-order valence-electron chi connectivity index (χ2n) is 6.56. The van der Waals surface area contributed by atoms with E-state index in [-0.39, 0.29) is 10.8 Å². The van der Waals surface area contributed by atoms with Gasteiger partial charge in [0.15, 0.2) is 0 Å². The van der Waals surface area contributed by atoms with E-state index in [2.05, 4.69) is 15.4 Å². The Morgan fingerprint density at radius 1 is 1.23 bits per heavy atom. The van der Waals surface area contributed by atoms with Gasteiger partial charge in [-0.2, -0.15) is 23.3 Å². The lowest BCUT2D eigenvalue weighted by molar-refractivity contribution is -0.0918. The number of thiophene rings is 1. The minimum Gasteiger partial charge on any atom is -0.497 e. The topological polar surface area (TPSA) is 69.0 Å². The first-order valence-corrected chi connectivity index (χ1v) is 9.90. The summed E-state index contributed by atoms with van der Waals surface area (Å²) in [6, 6.07) is 8.72. The van der Waals surface area contributed by atoms with E-state index in [1.165, 1.54) is 23.1 Å². The van der Waals surface area contributed by atoms with E-state index >= 15 is 0 Å². The van der Waals surface area contributed by atoms with Gasteiger partial charge in [-0.05, 0) is 36.2 Å². The van der Waals surface area contributed by atoms with Gasteiger partial charge in [0.05, 0.1) is 17.6 Å². The van der Waals surface area contributed by atoms with Crippen molar-refractivity contribution in [2.75, 3.05) is 12.4 Å². The van der Waals surface area contributed by atoms with Gasteiger partial charge in [0, 0.05) is 4.88 Å². The van der Waals surface area contributed by atoms with Crippen LogP contribution in [0.2, 0.25) is 0 Å². The Balaban J connectivity index is 1.92. The first-order chi connectivity index (χ1) is 14.3. The highest BCUT2D eigenvalue weighted by Gasteiger charge is 2.46. The normalized spacial score (nSPS) is 16.2. The number of aromatic nitrogens is 3. The highest BCUT2D eigenvalue weighted by Crippen LogP contribution is 2.42. The molecule has 1 N–H and O–H groups in total. The number of benzene rings is 1. The average Bonchev–Trinajstić information content (AvgIpc) is 3.40. The van der Waals surface area contributed by atoms with Crippen LogP contribution in [0, 0.1) is 0 Å². The van der Waals surface area contributed by atoms with Crippen LogP contribution in [0.5, 0.6) is 5.75 Å². The average molecular weight is 434 g/mol. The summed E-state index contributed by atoms with van der Waals surface area (Å²) in [5, 5.41) is 6.35. The molecule has 10 heteroatoms. The largest absolute Gasteiger partial charge is 0.497 e. The van der Waals surface area contributed by atoms with Crippen molar-refractivity contribution < 1.29 is 22.7 Å². The molecule has 0 aliphatic carbocycles. The lowest BCUT2D eigenvalue weighted by atomic mass is 9.91. The van der Waals surface area contributed by atoms with Crippen LogP contribution in [-0.4, -0.2) is 33.8 Å². The molecule has 3 aromatic rings. The van der Waals surface area contributed by atoms with E-state index in [0.717, 1.165) is 11.2 Å².